The van der Waals surface area contributed by atoms with Gasteiger partial charge in [-0.15, -0.1) is 0 Å². The third-order valence-corrected chi connectivity index (χ3v) is 2.74. The first-order chi connectivity index (χ1) is 9.15. The predicted octanol–water partition coefficient (Wildman–Crippen LogP) is 1.92. The summed E-state index contributed by atoms with van der Waals surface area (Å²) >= 11 is 0. The molecule has 1 aromatic rings. The Morgan fingerprint density at radius 3 is 2.16 bits per heavy atom. The lowest BCUT2D eigenvalue weighted by atomic mass is 10.1. The molecule has 0 radical (unpaired) electrons. The number of ether oxygens (including phenoxy) is 3. The molecule has 1 rings (SSSR count). The van der Waals surface area contributed by atoms with Gasteiger partial charge >= 0.3 is 5.97 Å². The van der Waals surface area contributed by atoms with Crippen LogP contribution in [0.1, 0.15) is 24.9 Å². The summed E-state index contributed by atoms with van der Waals surface area (Å²) in [5.74, 6) is 0.951. The molecule has 0 bridgehead atoms. The van der Waals surface area contributed by atoms with Crippen molar-refractivity contribution >= 4 is 5.97 Å². The number of hydrogen-bond acceptors (Lipinski definition) is 5. The second-order valence-corrected chi connectivity index (χ2v) is 4.06. The minimum atomic E-state index is -0.519. The van der Waals surface area contributed by atoms with Crippen molar-refractivity contribution in [3.8, 4) is 11.5 Å². The highest BCUT2D eigenvalue weighted by atomic mass is 16.5. The highest BCUT2D eigenvalue weighted by molar-refractivity contribution is 5.78. The number of nitrogens with one attached hydrogen (secondary N) is 1. The van der Waals surface area contributed by atoms with Gasteiger partial charge in [-0.05, 0) is 30.7 Å². The van der Waals surface area contributed by atoms with E-state index in [4.69, 9.17) is 14.2 Å². The van der Waals surface area contributed by atoms with Crippen LogP contribution in [0.25, 0.3) is 0 Å². The van der Waals surface area contributed by atoms with Gasteiger partial charge in [-0.1, -0.05) is 6.92 Å². The standard InChI is InChI=1S/C14H21NO4/c1-5-6-15-13(14(16)19-4)10-7-11(17-2)9-12(8-10)18-3/h7-9,13,15H,5-6H2,1-4H3. The van der Waals surface area contributed by atoms with Crippen LogP contribution in [0.4, 0.5) is 0 Å². The molecule has 5 heteroatoms. The molecule has 0 aliphatic carbocycles. The number of methoxy groups -OCH3 is 3. The smallest absolute Gasteiger partial charge is 0.327 e. The van der Waals surface area contributed by atoms with E-state index in [0.717, 1.165) is 18.5 Å². The molecular formula is C14H21NO4. The summed E-state index contributed by atoms with van der Waals surface area (Å²) in [5, 5.41) is 3.15. The van der Waals surface area contributed by atoms with Gasteiger partial charge < -0.3 is 19.5 Å². The maximum absolute atomic E-state index is 11.9. The molecule has 19 heavy (non-hydrogen) atoms. The first-order valence-electron chi connectivity index (χ1n) is 6.20. The molecule has 1 aromatic carbocycles. The number of carbonyl (C=O) groups excluding carboxylic acids is 1. The van der Waals surface area contributed by atoms with E-state index >= 15 is 0 Å². The zero-order chi connectivity index (χ0) is 14.3. The van der Waals surface area contributed by atoms with Crippen molar-refractivity contribution in [3.63, 3.8) is 0 Å². The fraction of sp³-hybridized carbons (Fsp3) is 0.500. The van der Waals surface area contributed by atoms with Gasteiger partial charge in [0.25, 0.3) is 0 Å². The molecule has 0 saturated carbocycles. The molecule has 0 spiro atoms. The van der Waals surface area contributed by atoms with Crippen LogP contribution in [-0.4, -0.2) is 33.8 Å². The van der Waals surface area contributed by atoms with Crippen LogP contribution < -0.4 is 14.8 Å². The van der Waals surface area contributed by atoms with Crippen LogP contribution in [0, 0.1) is 0 Å². The number of esters is 1. The maximum atomic E-state index is 11.9. The van der Waals surface area contributed by atoms with Crippen LogP contribution >= 0.6 is 0 Å². The normalized spacial score (nSPS) is 11.8. The van der Waals surface area contributed by atoms with Gasteiger partial charge in [0.2, 0.25) is 0 Å². The van der Waals surface area contributed by atoms with Crippen molar-refractivity contribution in [1.82, 2.24) is 5.32 Å². The predicted molar refractivity (Wildman–Crippen MR) is 72.6 cm³/mol. The molecule has 0 saturated heterocycles. The Hall–Kier alpha value is -1.75. The summed E-state index contributed by atoms with van der Waals surface area (Å²) < 4.78 is 15.2. The molecule has 0 amide bonds. The van der Waals surface area contributed by atoms with Gasteiger partial charge in [0.1, 0.15) is 17.5 Å². The quantitative estimate of drug-likeness (QED) is 0.765. The molecular weight excluding hydrogens is 246 g/mol. The first kappa shape index (κ1) is 15.3. The fourth-order valence-electron chi connectivity index (χ4n) is 1.74. The summed E-state index contributed by atoms with van der Waals surface area (Å²) in [5.41, 5.74) is 0.761. The molecule has 0 heterocycles. The lowest BCUT2D eigenvalue weighted by Gasteiger charge is -2.18. The van der Waals surface area contributed by atoms with Gasteiger partial charge in [-0.25, -0.2) is 4.79 Å². The molecule has 0 aromatic heterocycles. The second kappa shape index (κ2) is 7.63. The molecule has 5 nitrogen and oxygen atoms in total. The van der Waals surface area contributed by atoms with Crippen molar-refractivity contribution in [2.45, 2.75) is 19.4 Å². The van der Waals surface area contributed by atoms with E-state index in [1.54, 1.807) is 32.4 Å². The Bertz CT molecular complexity index is 398. The number of hydrogen-bond donors (Lipinski definition) is 1. The van der Waals surface area contributed by atoms with Crippen molar-refractivity contribution in [2.75, 3.05) is 27.9 Å². The number of rotatable bonds is 7. The number of benzene rings is 1. The van der Waals surface area contributed by atoms with E-state index in [9.17, 15) is 4.79 Å². The summed E-state index contributed by atoms with van der Waals surface area (Å²) in [6.45, 7) is 2.76. The molecule has 0 aliphatic rings. The van der Waals surface area contributed by atoms with Crippen molar-refractivity contribution in [1.29, 1.82) is 0 Å². The minimum absolute atomic E-state index is 0.330. The largest absolute Gasteiger partial charge is 0.497 e. The average Bonchev–Trinajstić information content (AvgIpc) is 2.46. The van der Waals surface area contributed by atoms with Crippen LogP contribution in [0.3, 0.4) is 0 Å². The van der Waals surface area contributed by atoms with Crippen LogP contribution in [0.5, 0.6) is 11.5 Å². The lowest BCUT2D eigenvalue weighted by Crippen LogP contribution is -2.30. The van der Waals surface area contributed by atoms with Crippen LogP contribution in [-0.2, 0) is 9.53 Å². The Balaban J connectivity index is 3.09. The van der Waals surface area contributed by atoms with Crippen molar-refractivity contribution < 1.29 is 19.0 Å². The fourth-order valence-corrected chi connectivity index (χ4v) is 1.74. The van der Waals surface area contributed by atoms with E-state index in [1.165, 1.54) is 7.11 Å². The summed E-state index contributed by atoms with van der Waals surface area (Å²) in [7, 11) is 4.52. The Kier molecular flexibility index (Phi) is 6.15. The average molecular weight is 267 g/mol. The molecule has 0 fully saturated rings. The second-order valence-electron chi connectivity index (χ2n) is 4.06. The monoisotopic (exact) mass is 267 g/mol. The Morgan fingerprint density at radius 1 is 1.16 bits per heavy atom. The van der Waals surface area contributed by atoms with E-state index < -0.39 is 6.04 Å². The SMILES string of the molecule is CCCNC(C(=O)OC)c1cc(OC)cc(OC)c1. The molecule has 1 atom stereocenters. The zero-order valence-corrected chi connectivity index (χ0v) is 11.9. The molecule has 0 aliphatic heterocycles. The number of carbonyl (C=O) groups is 1. The highest BCUT2D eigenvalue weighted by Gasteiger charge is 2.21. The topological polar surface area (TPSA) is 56.8 Å². The third-order valence-electron chi connectivity index (χ3n) is 2.74. The van der Waals surface area contributed by atoms with Crippen molar-refractivity contribution in [2.24, 2.45) is 0 Å². The Labute approximate surface area is 113 Å². The van der Waals surface area contributed by atoms with Crippen LogP contribution in [0.2, 0.25) is 0 Å². The van der Waals surface area contributed by atoms with E-state index in [0.29, 0.717) is 11.5 Å². The molecule has 1 N–H and O–H groups in total. The van der Waals surface area contributed by atoms with Gasteiger partial charge in [0, 0.05) is 6.07 Å². The Morgan fingerprint density at radius 2 is 1.74 bits per heavy atom. The van der Waals surface area contributed by atoms with E-state index in [1.807, 2.05) is 6.92 Å². The zero-order valence-electron chi connectivity index (χ0n) is 11.9. The molecule has 106 valence electrons. The van der Waals surface area contributed by atoms with Gasteiger partial charge in [-0.2, -0.15) is 0 Å². The van der Waals surface area contributed by atoms with Gasteiger partial charge in [0.15, 0.2) is 0 Å². The summed E-state index contributed by atoms with van der Waals surface area (Å²) in [6, 6.07) is 4.84. The maximum Gasteiger partial charge on any atom is 0.327 e. The molecule has 1 unspecified atom stereocenters. The van der Waals surface area contributed by atoms with Crippen molar-refractivity contribution in [3.05, 3.63) is 23.8 Å². The van der Waals surface area contributed by atoms with E-state index in [2.05, 4.69) is 5.32 Å². The first-order valence-corrected chi connectivity index (χ1v) is 6.20. The lowest BCUT2D eigenvalue weighted by molar-refractivity contribution is -0.143. The summed E-state index contributed by atoms with van der Waals surface area (Å²) in [4.78, 5) is 11.9. The van der Waals surface area contributed by atoms with Gasteiger partial charge in [-0.3, -0.25) is 0 Å². The summed E-state index contributed by atoms with van der Waals surface area (Å²) in [6.07, 6.45) is 0.925. The minimum Gasteiger partial charge on any atom is -0.497 e. The van der Waals surface area contributed by atoms with Crippen LogP contribution in [0.15, 0.2) is 18.2 Å². The third kappa shape index (κ3) is 4.13. The van der Waals surface area contributed by atoms with Gasteiger partial charge in [0.05, 0.1) is 21.3 Å². The van der Waals surface area contributed by atoms with E-state index in [-0.39, 0.29) is 5.97 Å². The highest BCUT2D eigenvalue weighted by Crippen LogP contribution is 2.27.